The molecule has 0 bridgehead atoms. The predicted octanol–water partition coefficient (Wildman–Crippen LogP) is 3.12. The lowest BCUT2D eigenvalue weighted by Crippen LogP contribution is -2.32. The Morgan fingerprint density at radius 3 is 2.35 bits per heavy atom. The molecule has 1 heterocycles. The maximum absolute atomic E-state index is 5.92. The van der Waals surface area contributed by atoms with Gasteiger partial charge in [-0.1, -0.05) is 27.7 Å². The minimum Gasteiger partial charge on any atom is -0.330 e. The molecule has 0 saturated carbocycles. The van der Waals surface area contributed by atoms with E-state index in [1.54, 1.807) is 0 Å². The molecule has 0 aliphatic rings. The minimum absolute atomic E-state index is 0.161. The summed E-state index contributed by atoms with van der Waals surface area (Å²) in [4.78, 5) is 4.34. The van der Waals surface area contributed by atoms with Gasteiger partial charge in [0.2, 0.25) is 0 Å². The number of hydrogen-bond acceptors (Lipinski definition) is 2. The van der Waals surface area contributed by atoms with Gasteiger partial charge < -0.3 is 10.3 Å². The summed E-state index contributed by atoms with van der Waals surface area (Å²) < 4.78 is 2.34. The van der Waals surface area contributed by atoms with Crippen molar-refractivity contribution in [3.63, 3.8) is 0 Å². The molecule has 1 atom stereocenters. The number of nitrogens with zero attached hydrogens (tertiary/aromatic N) is 2. The molecular weight excluding hydrogens is 210 g/mol. The Labute approximate surface area is 105 Å². The van der Waals surface area contributed by atoms with Crippen LogP contribution >= 0.6 is 0 Å². The van der Waals surface area contributed by atoms with Crippen LogP contribution in [0.2, 0.25) is 0 Å². The molecule has 0 aliphatic carbocycles. The van der Waals surface area contributed by atoms with E-state index in [1.807, 2.05) is 12.5 Å². The van der Waals surface area contributed by atoms with Crippen molar-refractivity contribution in [1.82, 2.24) is 9.55 Å². The molecule has 3 heteroatoms. The number of imidazole rings is 1. The van der Waals surface area contributed by atoms with Crippen LogP contribution < -0.4 is 5.73 Å². The summed E-state index contributed by atoms with van der Waals surface area (Å²) in [5.74, 6) is 0.948. The van der Waals surface area contributed by atoms with E-state index >= 15 is 0 Å². The molecule has 17 heavy (non-hydrogen) atoms. The summed E-state index contributed by atoms with van der Waals surface area (Å²) in [5.41, 5.74) is 7.37. The molecule has 0 radical (unpaired) electrons. The zero-order valence-electron chi connectivity index (χ0n) is 11.9. The second-order valence-corrected chi connectivity index (χ2v) is 5.48. The molecule has 1 aromatic rings. The largest absolute Gasteiger partial charge is 0.330 e. The van der Waals surface area contributed by atoms with Gasteiger partial charge in [0.15, 0.2) is 0 Å². The van der Waals surface area contributed by atoms with E-state index in [4.69, 9.17) is 5.73 Å². The summed E-state index contributed by atoms with van der Waals surface area (Å²) in [6.07, 6.45) is 6.18. The highest BCUT2D eigenvalue weighted by atomic mass is 15.1. The van der Waals surface area contributed by atoms with Crippen molar-refractivity contribution in [2.75, 3.05) is 6.54 Å². The van der Waals surface area contributed by atoms with Crippen LogP contribution in [0.25, 0.3) is 0 Å². The molecule has 0 amide bonds. The lowest BCUT2D eigenvalue weighted by molar-refractivity contribution is 0.276. The summed E-state index contributed by atoms with van der Waals surface area (Å²) in [6.45, 7) is 11.9. The van der Waals surface area contributed by atoms with Crippen LogP contribution in [0.15, 0.2) is 12.5 Å². The summed E-state index contributed by atoms with van der Waals surface area (Å²) >= 11 is 0. The van der Waals surface area contributed by atoms with Gasteiger partial charge in [0.05, 0.1) is 6.33 Å². The van der Waals surface area contributed by atoms with Gasteiger partial charge in [0.1, 0.15) is 0 Å². The molecule has 2 N–H and O–H groups in total. The first-order valence-corrected chi connectivity index (χ1v) is 6.73. The van der Waals surface area contributed by atoms with E-state index in [0.717, 1.165) is 12.8 Å². The van der Waals surface area contributed by atoms with E-state index in [1.165, 1.54) is 5.69 Å². The molecule has 0 aromatic carbocycles. The molecule has 0 aliphatic heterocycles. The van der Waals surface area contributed by atoms with E-state index in [2.05, 4.69) is 44.2 Å². The van der Waals surface area contributed by atoms with Crippen LogP contribution in [0.4, 0.5) is 0 Å². The lowest BCUT2D eigenvalue weighted by atomic mass is 9.89. The Morgan fingerprint density at radius 2 is 1.94 bits per heavy atom. The zero-order chi connectivity index (χ0) is 13.1. The fourth-order valence-electron chi connectivity index (χ4n) is 2.36. The third-order valence-corrected chi connectivity index (χ3v) is 4.21. The number of aromatic nitrogens is 2. The normalized spacial score (nSPS) is 14.3. The SMILES string of the molecule is CCC(C)(CC)n1cncc1C(CN)C(C)C. The molecule has 3 nitrogen and oxygen atoms in total. The van der Waals surface area contributed by atoms with Crippen LogP contribution in [-0.4, -0.2) is 16.1 Å². The molecule has 0 spiro atoms. The zero-order valence-corrected chi connectivity index (χ0v) is 11.9. The van der Waals surface area contributed by atoms with Crippen molar-refractivity contribution < 1.29 is 0 Å². The molecule has 1 unspecified atom stereocenters. The van der Waals surface area contributed by atoms with E-state index < -0.39 is 0 Å². The van der Waals surface area contributed by atoms with Crippen LogP contribution in [0.3, 0.4) is 0 Å². The predicted molar refractivity (Wildman–Crippen MR) is 73.1 cm³/mol. The smallest absolute Gasteiger partial charge is 0.0953 e. The van der Waals surface area contributed by atoms with Crippen LogP contribution in [-0.2, 0) is 5.54 Å². The number of nitrogens with two attached hydrogens (primary N) is 1. The second kappa shape index (κ2) is 5.67. The first-order chi connectivity index (χ1) is 8.00. The maximum atomic E-state index is 5.92. The van der Waals surface area contributed by atoms with Gasteiger partial charge >= 0.3 is 0 Å². The molecule has 1 aromatic heterocycles. The van der Waals surface area contributed by atoms with Gasteiger partial charge in [-0.15, -0.1) is 0 Å². The van der Waals surface area contributed by atoms with Gasteiger partial charge in [-0.2, -0.15) is 0 Å². The molecule has 98 valence electrons. The van der Waals surface area contributed by atoms with Gasteiger partial charge in [-0.3, -0.25) is 0 Å². The fourth-order valence-corrected chi connectivity index (χ4v) is 2.36. The lowest BCUT2D eigenvalue weighted by Gasteiger charge is -2.33. The molecule has 0 fully saturated rings. The van der Waals surface area contributed by atoms with Crippen molar-refractivity contribution in [2.45, 2.75) is 58.9 Å². The van der Waals surface area contributed by atoms with Crippen molar-refractivity contribution in [3.8, 4) is 0 Å². The van der Waals surface area contributed by atoms with Gasteiger partial charge in [0.25, 0.3) is 0 Å². The highest BCUT2D eigenvalue weighted by molar-refractivity contribution is 5.11. The third-order valence-electron chi connectivity index (χ3n) is 4.21. The first-order valence-electron chi connectivity index (χ1n) is 6.73. The fraction of sp³-hybridized carbons (Fsp3) is 0.786. The topological polar surface area (TPSA) is 43.8 Å². The average molecular weight is 237 g/mol. The second-order valence-electron chi connectivity index (χ2n) is 5.48. The first kappa shape index (κ1) is 14.2. The average Bonchev–Trinajstić information content (AvgIpc) is 2.78. The standard InChI is InChI=1S/C14H27N3/c1-6-14(5,7-2)17-10-16-9-13(17)12(8-15)11(3)4/h9-12H,6-8,15H2,1-5H3. The van der Waals surface area contributed by atoms with Crippen molar-refractivity contribution in [2.24, 2.45) is 11.7 Å². The molecule has 1 rings (SSSR count). The van der Waals surface area contributed by atoms with Crippen molar-refractivity contribution in [1.29, 1.82) is 0 Å². The summed E-state index contributed by atoms with van der Waals surface area (Å²) in [5, 5.41) is 0. The highest BCUT2D eigenvalue weighted by Crippen LogP contribution is 2.31. The van der Waals surface area contributed by atoms with E-state index in [-0.39, 0.29) is 5.54 Å². The summed E-state index contributed by atoms with van der Waals surface area (Å²) in [7, 11) is 0. The Bertz CT molecular complexity index is 337. The Morgan fingerprint density at radius 1 is 1.35 bits per heavy atom. The van der Waals surface area contributed by atoms with Gasteiger partial charge in [-0.05, 0) is 25.7 Å². The quantitative estimate of drug-likeness (QED) is 0.826. The van der Waals surface area contributed by atoms with Crippen LogP contribution in [0.1, 0.15) is 59.1 Å². The van der Waals surface area contributed by atoms with E-state index in [9.17, 15) is 0 Å². The van der Waals surface area contributed by atoms with Gasteiger partial charge in [0, 0.05) is 29.9 Å². The van der Waals surface area contributed by atoms with Crippen molar-refractivity contribution >= 4 is 0 Å². The van der Waals surface area contributed by atoms with Crippen molar-refractivity contribution in [3.05, 3.63) is 18.2 Å². The molecular formula is C14H27N3. The Balaban J connectivity index is 3.15. The minimum atomic E-state index is 0.161. The Kier molecular flexibility index (Phi) is 4.75. The highest BCUT2D eigenvalue weighted by Gasteiger charge is 2.27. The monoisotopic (exact) mass is 237 g/mol. The Hall–Kier alpha value is -0.830. The number of hydrogen-bond donors (Lipinski definition) is 1. The number of rotatable bonds is 6. The third kappa shape index (κ3) is 2.71. The van der Waals surface area contributed by atoms with Gasteiger partial charge in [-0.25, -0.2) is 4.98 Å². The van der Waals surface area contributed by atoms with Crippen LogP contribution in [0.5, 0.6) is 0 Å². The maximum Gasteiger partial charge on any atom is 0.0953 e. The van der Waals surface area contributed by atoms with Crippen LogP contribution in [0, 0.1) is 5.92 Å². The molecule has 0 saturated heterocycles. The van der Waals surface area contributed by atoms with E-state index in [0.29, 0.717) is 18.4 Å². The summed E-state index contributed by atoms with van der Waals surface area (Å²) in [6, 6.07) is 0.